The molecule has 1 atom stereocenters. The van der Waals surface area contributed by atoms with E-state index >= 15 is 0 Å². The van der Waals surface area contributed by atoms with Crippen LogP contribution in [0.15, 0.2) is 24.3 Å². The summed E-state index contributed by atoms with van der Waals surface area (Å²) in [6.45, 7) is 2.74. The third-order valence-corrected chi connectivity index (χ3v) is 3.89. The van der Waals surface area contributed by atoms with Gasteiger partial charge in [0.05, 0.1) is 5.56 Å². The molecule has 0 bridgehead atoms. The van der Waals surface area contributed by atoms with Crippen LogP contribution >= 0.6 is 0 Å². The molecule has 0 amide bonds. The summed E-state index contributed by atoms with van der Waals surface area (Å²) in [5.41, 5.74) is 5.43. The first-order valence-electron chi connectivity index (χ1n) is 7.08. The van der Waals surface area contributed by atoms with E-state index in [0.717, 1.165) is 38.4 Å². The first-order valence-corrected chi connectivity index (χ1v) is 7.08. The van der Waals surface area contributed by atoms with E-state index in [4.69, 9.17) is 5.73 Å². The van der Waals surface area contributed by atoms with Crippen LogP contribution in [0, 0.1) is 5.92 Å². The van der Waals surface area contributed by atoms with Crippen molar-refractivity contribution in [1.82, 2.24) is 4.90 Å². The maximum absolute atomic E-state index is 13.0. The van der Waals surface area contributed by atoms with Gasteiger partial charge in [0.2, 0.25) is 0 Å². The van der Waals surface area contributed by atoms with Gasteiger partial charge in [-0.3, -0.25) is 4.90 Å². The van der Waals surface area contributed by atoms with Gasteiger partial charge in [0.25, 0.3) is 0 Å². The summed E-state index contributed by atoms with van der Waals surface area (Å²) < 4.78 is 38.9. The molecule has 0 aromatic heterocycles. The van der Waals surface area contributed by atoms with E-state index in [-0.39, 0.29) is 0 Å². The summed E-state index contributed by atoms with van der Waals surface area (Å²) in [7, 11) is 0. The molecule has 5 heteroatoms. The Labute approximate surface area is 117 Å². The molecule has 0 aliphatic carbocycles. The van der Waals surface area contributed by atoms with Crippen molar-refractivity contribution < 1.29 is 13.2 Å². The lowest BCUT2D eigenvalue weighted by atomic mass is 9.94. The average molecular weight is 286 g/mol. The van der Waals surface area contributed by atoms with Gasteiger partial charge >= 0.3 is 6.18 Å². The van der Waals surface area contributed by atoms with Gasteiger partial charge in [-0.15, -0.1) is 0 Å². The highest BCUT2D eigenvalue weighted by molar-refractivity contribution is 5.29. The molecule has 1 aliphatic rings. The first kappa shape index (κ1) is 15.3. The third kappa shape index (κ3) is 3.96. The molecule has 2 nitrogen and oxygen atoms in total. The minimum atomic E-state index is -4.27. The van der Waals surface area contributed by atoms with Gasteiger partial charge in [-0.05, 0) is 49.9 Å². The number of likely N-dealkylation sites (tertiary alicyclic amines) is 1. The second-order valence-corrected chi connectivity index (χ2v) is 5.48. The number of hydrogen-bond donors (Lipinski definition) is 1. The maximum Gasteiger partial charge on any atom is 0.416 e. The Morgan fingerprint density at radius 2 is 2.00 bits per heavy atom. The van der Waals surface area contributed by atoms with Crippen LogP contribution in [-0.2, 0) is 12.7 Å². The summed E-state index contributed by atoms with van der Waals surface area (Å²) in [4.78, 5) is 2.12. The molecule has 0 saturated carbocycles. The van der Waals surface area contributed by atoms with Gasteiger partial charge in [-0.1, -0.05) is 18.2 Å². The van der Waals surface area contributed by atoms with E-state index in [0.29, 0.717) is 24.6 Å². The summed E-state index contributed by atoms with van der Waals surface area (Å²) in [5, 5.41) is 0. The van der Waals surface area contributed by atoms with E-state index in [1.54, 1.807) is 12.1 Å². The molecule has 20 heavy (non-hydrogen) atoms. The van der Waals surface area contributed by atoms with Gasteiger partial charge in [-0.25, -0.2) is 0 Å². The summed E-state index contributed by atoms with van der Waals surface area (Å²) in [6.07, 6.45) is -1.14. The smallest absolute Gasteiger partial charge is 0.330 e. The molecule has 1 aliphatic heterocycles. The zero-order chi connectivity index (χ0) is 14.6. The molecule has 1 saturated heterocycles. The van der Waals surface area contributed by atoms with Gasteiger partial charge < -0.3 is 5.73 Å². The fraction of sp³-hybridized carbons (Fsp3) is 0.600. The number of benzene rings is 1. The lowest BCUT2D eigenvalue weighted by Gasteiger charge is -2.33. The first-order chi connectivity index (χ1) is 9.50. The van der Waals surface area contributed by atoms with Crippen molar-refractivity contribution in [1.29, 1.82) is 0 Å². The van der Waals surface area contributed by atoms with Crippen LogP contribution in [0.2, 0.25) is 0 Å². The number of nitrogens with two attached hydrogens (primary N) is 1. The number of alkyl halides is 3. The Morgan fingerprint density at radius 1 is 1.25 bits per heavy atom. The van der Waals surface area contributed by atoms with Gasteiger partial charge in [0.1, 0.15) is 0 Å². The zero-order valence-corrected chi connectivity index (χ0v) is 11.5. The van der Waals surface area contributed by atoms with Crippen LogP contribution in [0.25, 0.3) is 0 Å². The molecule has 0 radical (unpaired) electrons. The van der Waals surface area contributed by atoms with Gasteiger partial charge in [-0.2, -0.15) is 13.2 Å². The third-order valence-electron chi connectivity index (χ3n) is 3.89. The SMILES string of the molecule is NCC[C@@H]1CCCN(Cc2ccccc2C(F)(F)F)C1. The van der Waals surface area contributed by atoms with E-state index in [2.05, 4.69) is 4.90 Å². The Morgan fingerprint density at radius 3 is 2.70 bits per heavy atom. The van der Waals surface area contributed by atoms with Crippen LogP contribution in [0.5, 0.6) is 0 Å². The zero-order valence-electron chi connectivity index (χ0n) is 11.5. The average Bonchev–Trinajstić information content (AvgIpc) is 2.39. The number of hydrogen-bond acceptors (Lipinski definition) is 2. The van der Waals surface area contributed by atoms with Gasteiger partial charge in [0, 0.05) is 13.1 Å². The lowest BCUT2D eigenvalue weighted by molar-refractivity contribution is -0.138. The molecule has 2 rings (SSSR count). The molecule has 1 aromatic carbocycles. The summed E-state index contributed by atoms with van der Waals surface area (Å²) in [5.74, 6) is 0.520. The van der Waals surface area contributed by atoms with Gasteiger partial charge in [0.15, 0.2) is 0 Å². The number of halogens is 3. The van der Waals surface area contributed by atoms with E-state index < -0.39 is 11.7 Å². The second-order valence-electron chi connectivity index (χ2n) is 5.48. The monoisotopic (exact) mass is 286 g/mol. The maximum atomic E-state index is 13.0. The van der Waals surface area contributed by atoms with Crippen LogP contribution in [0.4, 0.5) is 13.2 Å². The van der Waals surface area contributed by atoms with E-state index in [1.165, 1.54) is 6.07 Å². The molecule has 2 N–H and O–H groups in total. The minimum Gasteiger partial charge on any atom is -0.330 e. The van der Waals surface area contributed by atoms with E-state index in [9.17, 15) is 13.2 Å². The fourth-order valence-corrected chi connectivity index (χ4v) is 2.94. The topological polar surface area (TPSA) is 29.3 Å². The number of nitrogens with zero attached hydrogens (tertiary/aromatic N) is 1. The van der Waals surface area contributed by atoms with E-state index in [1.807, 2.05) is 0 Å². The predicted molar refractivity (Wildman–Crippen MR) is 73.1 cm³/mol. The lowest BCUT2D eigenvalue weighted by Crippen LogP contribution is -2.36. The molecule has 1 heterocycles. The second kappa shape index (κ2) is 6.59. The van der Waals surface area contributed by atoms with Crippen molar-refractivity contribution >= 4 is 0 Å². The highest BCUT2D eigenvalue weighted by Gasteiger charge is 2.33. The fourth-order valence-electron chi connectivity index (χ4n) is 2.94. The summed E-state index contributed by atoms with van der Waals surface area (Å²) >= 11 is 0. The molecule has 1 aromatic rings. The number of rotatable bonds is 4. The Balaban J connectivity index is 2.06. The Kier molecular flexibility index (Phi) is 5.05. The van der Waals surface area contributed by atoms with Crippen molar-refractivity contribution in [2.75, 3.05) is 19.6 Å². The van der Waals surface area contributed by atoms with Crippen LogP contribution in [-0.4, -0.2) is 24.5 Å². The molecule has 1 fully saturated rings. The van der Waals surface area contributed by atoms with Crippen molar-refractivity contribution in [3.8, 4) is 0 Å². The Bertz CT molecular complexity index is 429. The molecular weight excluding hydrogens is 265 g/mol. The molecule has 112 valence electrons. The molecule has 0 unspecified atom stereocenters. The van der Waals surface area contributed by atoms with Crippen molar-refractivity contribution in [2.24, 2.45) is 11.7 Å². The van der Waals surface area contributed by atoms with Crippen molar-refractivity contribution in [3.63, 3.8) is 0 Å². The Hall–Kier alpha value is -1.07. The van der Waals surface area contributed by atoms with Crippen LogP contribution in [0.1, 0.15) is 30.4 Å². The largest absolute Gasteiger partial charge is 0.416 e. The van der Waals surface area contributed by atoms with Crippen molar-refractivity contribution in [2.45, 2.75) is 32.0 Å². The highest BCUT2D eigenvalue weighted by Crippen LogP contribution is 2.33. The summed E-state index contributed by atoms with van der Waals surface area (Å²) in [6, 6.07) is 5.86. The minimum absolute atomic E-state index is 0.369. The normalized spacial score (nSPS) is 21.1. The number of piperidine rings is 1. The van der Waals surface area contributed by atoms with Crippen molar-refractivity contribution in [3.05, 3.63) is 35.4 Å². The van der Waals surface area contributed by atoms with Crippen LogP contribution < -0.4 is 5.73 Å². The predicted octanol–water partition coefficient (Wildman–Crippen LogP) is 3.27. The standard InChI is InChI=1S/C15H21F3N2/c16-15(17,18)14-6-2-1-5-13(14)11-20-9-3-4-12(10-20)7-8-19/h1-2,5-6,12H,3-4,7-11,19H2/t12-/m0/s1. The quantitative estimate of drug-likeness (QED) is 0.920. The molecular formula is C15H21F3N2. The molecule has 0 spiro atoms. The highest BCUT2D eigenvalue weighted by atomic mass is 19.4. The van der Waals surface area contributed by atoms with Crippen LogP contribution in [0.3, 0.4) is 0 Å².